The van der Waals surface area contributed by atoms with Gasteiger partial charge in [-0.15, -0.1) is 6.58 Å². The Morgan fingerprint density at radius 1 is 1.48 bits per heavy atom. The maximum Gasteiger partial charge on any atom is 0.266 e. The maximum absolute atomic E-state index is 11.6. The summed E-state index contributed by atoms with van der Waals surface area (Å²) in [4.78, 5) is 20.3. The van der Waals surface area contributed by atoms with E-state index in [2.05, 4.69) is 21.6 Å². The van der Waals surface area contributed by atoms with Crippen LogP contribution in [0.25, 0.3) is 0 Å². The number of hydrogen-bond acceptors (Lipinski definition) is 8. The molecule has 1 unspecified atom stereocenters. The molecule has 9 heteroatoms. The number of thioether (sulfide) groups is 1. The van der Waals surface area contributed by atoms with E-state index in [4.69, 9.17) is 0 Å². The highest BCUT2D eigenvalue weighted by Crippen LogP contribution is 2.40. The first kappa shape index (κ1) is 15.7. The lowest BCUT2D eigenvalue weighted by Crippen LogP contribution is -2.38. The summed E-state index contributed by atoms with van der Waals surface area (Å²) in [7, 11) is 1.57. The lowest BCUT2D eigenvalue weighted by atomic mass is 10.3. The Hall–Kier alpha value is -2.23. The van der Waals surface area contributed by atoms with Crippen molar-refractivity contribution in [3.63, 3.8) is 0 Å². The van der Waals surface area contributed by atoms with Crippen molar-refractivity contribution in [2.45, 2.75) is 11.4 Å². The van der Waals surface area contributed by atoms with Crippen molar-refractivity contribution < 1.29 is 5.11 Å². The zero-order valence-electron chi connectivity index (χ0n) is 12.7. The number of hydrogen-bond donors (Lipinski definition) is 1. The van der Waals surface area contributed by atoms with Crippen LogP contribution in [0, 0.1) is 0 Å². The first-order valence-electron chi connectivity index (χ1n) is 6.87. The van der Waals surface area contributed by atoms with E-state index in [1.807, 2.05) is 6.26 Å². The predicted octanol–water partition coefficient (Wildman–Crippen LogP) is 0.838. The third-order valence-corrected chi connectivity index (χ3v) is 4.02. The Bertz CT molecular complexity index is 808. The van der Waals surface area contributed by atoms with Crippen LogP contribution in [0.15, 0.2) is 40.9 Å². The molecule has 0 amide bonds. The van der Waals surface area contributed by atoms with Crippen molar-refractivity contribution >= 4 is 23.4 Å². The molecule has 1 aliphatic rings. The number of aliphatic hydroxyl groups excluding tert-OH is 1. The number of aliphatic hydroxyl groups is 1. The van der Waals surface area contributed by atoms with Crippen LogP contribution in [-0.4, -0.2) is 42.7 Å². The lowest BCUT2D eigenvalue weighted by Gasteiger charge is -2.29. The van der Waals surface area contributed by atoms with E-state index in [9.17, 15) is 9.90 Å². The summed E-state index contributed by atoms with van der Waals surface area (Å²) in [5.41, 5.74) is 0.372. The van der Waals surface area contributed by atoms with E-state index in [1.54, 1.807) is 35.4 Å². The minimum atomic E-state index is -0.905. The molecule has 1 aliphatic heterocycles. The predicted molar refractivity (Wildman–Crippen MR) is 87.3 cm³/mol. The summed E-state index contributed by atoms with van der Waals surface area (Å²) in [6.45, 7) is 4.11. The molecule has 0 aliphatic carbocycles. The topological polar surface area (TPSA) is 87.4 Å². The zero-order chi connectivity index (χ0) is 16.6. The van der Waals surface area contributed by atoms with Gasteiger partial charge in [0.05, 0.1) is 5.56 Å². The molecule has 0 spiro atoms. The van der Waals surface area contributed by atoms with E-state index < -0.39 is 6.23 Å². The molecule has 0 fully saturated rings. The number of hydrazine groups is 1. The second kappa shape index (κ2) is 6.11. The molecule has 3 heterocycles. The Balaban J connectivity index is 2.16. The number of nitrogens with zero attached hydrogens (tertiary/aromatic N) is 6. The number of aryl methyl sites for hydroxylation is 1. The summed E-state index contributed by atoms with van der Waals surface area (Å²) in [6, 6.07) is 3.02. The Morgan fingerprint density at radius 2 is 2.26 bits per heavy atom. The molecule has 2 aromatic heterocycles. The molecule has 8 nitrogen and oxygen atoms in total. The molecule has 23 heavy (non-hydrogen) atoms. The molecule has 1 atom stereocenters. The second-order valence-corrected chi connectivity index (χ2v) is 5.66. The summed E-state index contributed by atoms with van der Waals surface area (Å²) >= 11 is 1.41. The number of anilines is 2. The molecule has 0 aromatic carbocycles. The summed E-state index contributed by atoms with van der Waals surface area (Å²) in [5.74, 6) is 1.03. The molecule has 0 saturated carbocycles. The van der Waals surface area contributed by atoms with E-state index in [1.165, 1.54) is 22.5 Å². The van der Waals surface area contributed by atoms with Crippen LogP contribution in [0.4, 0.5) is 11.6 Å². The highest BCUT2D eigenvalue weighted by Gasteiger charge is 2.38. The van der Waals surface area contributed by atoms with Crippen molar-refractivity contribution in [3.8, 4) is 0 Å². The minimum Gasteiger partial charge on any atom is -0.372 e. The van der Waals surface area contributed by atoms with Gasteiger partial charge in [0.1, 0.15) is 0 Å². The highest BCUT2D eigenvalue weighted by atomic mass is 32.2. The van der Waals surface area contributed by atoms with Crippen LogP contribution in [0.5, 0.6) is 0 Å². The largest absolute Gasteiger partial charge is 0.372 e. The van der Waals surface area contributed by atoms with Gasteiger partial charge in [-0.25, -0.2) is 19.7 Å². The fraction of sp³-hybridized carbons (Fsp3) is 0.286. The zero-order valence-corrected chi connectivity index (χ0v) is 13.6. The van der Waals surface area contributed by atoms with Crippen molar-refractivity contribution in [1.29, 1.82) is 0 Å². The third-order valence-electron chi connectivity index (χ3n) is 3.45. The van der Waals surface area contributed by atoms with Crippen LogP contribution >= 0.6 is 11.8 Å². The molecule has 3 rings (SSSR count). The van der Waals surface area contributed by atoms with Crippen LogP contribution in [0.2, 0.25) is 0 Å². The molecular formula is C14H16N6O2S. The van der Waals surface area contributed by atoms with Crippen molar-refractivity contribution in [2.75, 3.05) is 17.8 Å². The standard InChI is InChI=1S/C14H16N6O2S/c1-4-7-19-13(22)9-8-15-14(23-3)16-12(9)20(19)10-5-6-11(21)18(2)17-10/h4-6,8,13,22H,1,7H2,2-3H3. The van der Waals surface area contributed by atoms with Crippen LogP contribution in [-0.2, 0) is 7.05 Å². The highest BCUT2D eigenvalue weighted by molar-refractivity contribution is 7.98. The Morgan fingerprint density at radius 3 is 2.91 bits per heavy atom. The van der Waals surface area contributed by atoms with Gasteiger partial charge in [0.15, 0.2) is 23.0 Å². The van der Waals surface area contributed by atoms with Gasteiger partial charge >= 0.3 is 0 Å². The van der Waals surface area contributed by atoms with Crippen LogP contribution in [0.3, 0.4) is 0 Å². The van der Waals surface area contributed by atoms with Gasteiger partial charge in [0.25, 0.3) is 5.56 Å². The minimum absolute atomic E-state index is 0.212. The molecule has 120 valence electrons. The van der Waals surface area contributed by atoms with E-state index in [0.717, 1.165) is 0 Å². The molecule has 0 radical (unpaired) electrons. The molecular weight excluding hydrogens is 316 g/mol. The number of rotatable bonds is 4. The summed E-state index contributed by atoms with van der Waals surface area (Å²) in [5, 5.41) is 18.7. The Kier molecular flexibility index (Phi) is 4.16. The fourth-order valence-corrected chi connectivity index (χ4v) is 2.70. The van der Waals surface area contributed by atoms with Gasteiger partial charge in [-0.3, -0.25) is 4.79 Å². The third kappa shape index (κ3) is 2.62. The van der Waals surface area contributed by atoms with E-state index in [0.29, 0.717) is 28.9 Å². The second-order valence-electron chi connectivity index (χ2n) is 4.89. The summed E-state index contributed by atoms with van der Waals surface area (Å²) in [6.07, 6.45) is 4.26. The normalized spacial score (nSPS) is 17.3. The van der Waals surface area contributed by atoms with Gasteiger partial charge in [0, 0.05) is 25.9 Å². The first-order valence-corrected chi connectivity index (χ1v) is 8.10. The smallest absolute Gasteiger partial charge is 0.266 e. The van der Waals surface area contributed by atoms with Crippen LogP contribution in [0.1, 0.15) is 11.8 Å². The molecule has 0 bridgehead atoms. The van der Waals surface area contributed by atoms with Crippen molar-refractivity contribution in [2.24, 2.45) is 7.05 Å². The molecule has 2 aromatic rings. The first-order chi connectivity index (χ1) is 11.1. The van der Waals surface area contributed by atoms with Gasteiger partial charge in [-0.1, -0.05) is 17.8 Å². The number of fused-ring (bicyclic) bond motifs is 1. The lowest BCUT2D eigenvalue weighted by molar-refractivity contribution is 0.0245. The molecule has 0 saturated heterocycles. The van der Waals surface area contributed by atoms with E-state index in [-0.39, 0.29) is 5.56 Å². The quantitative estimate of drug-likeness (QED) is 0.501. The average molecular weight is 332 g/mol. The Labute approximate surface area is 137 Å². The van der Waals surface area contributed by atoms with Crippen LogP contribution < -0.4 is 10.6 Å². The summed E-state index contributed by atoms with van der Waals surface area (Å²) < 4.78 is 1.24. The van der Waals surface area contributed by atoms with Gasteiger partial charge in [-0.2, -0.15) is 10.1 Å². The maximum atomic E-state index is 11.6. The van der Waals surface area contributed by atoms with Gasteiger partial charge in [0.2, 0.25) is 0 Å². The number of aromatic nitrogens is 4. The molecule has 1 N–H and O–H groups in total. The van der Waals surface area contributed by atoms with E-state index >= 15 is 0 Å². The SMILES string of the molecule is C=CCN1C(O)c2cnc(SC)nc2N1c1ccc(=O)n(C)n1. The van der Waals surface area contributed by atoms with Gasteiger partial charge < -0.3 is 5.11 Å². The van der Waals surface area contributed by atoms with Crippen molar-refractivity contribution in [3.05, 3.63) is 46.9 Å². The van der Waals surface area contributed by atoms with Crippen molar-refractivity contribution in [1.82, 2.24) is 24.8 Å². The average Bonchev–Trinajstić information content (AvgIpc) is 2.82. The monoisotopic (exact) mass is 332 g/mol. The van der Waals surface area contributed by atoms with Gasteiger partial charge in [-0.05, 0) is 12.3 Å². The fourth-order valence-electron chi connectivity index (χ4n) is 2.37.